The van der Waals surface area contributed by atoms with Crippen molar-refractivity contribution in [3.05, 3.63) is 50.8 Å². The van der Waals surface area contributed by atoms with E-state index in [0.29, 0.717) is 10.0 Å². The molecule has 2 rings (SSSR count). The summed E-state index contributed by atoms with van der Waals surface area (Å²) in [5, 5.41) is 9.23. The van der Waals surface area contributed by atoms with Gasteiger partial charge in [0.1, 0.15) is 0 Å². The molecule has 0 spiro atoms. The molecule has 20 heavy (non-hydrogen) atoms. The summed E-state index contributed by atoms with van der Waals surface area (Å²) in [5.74, 6) is 0. The fourth-order valence-corrected chi connectivity index (χ4v) is 3.13. The second-order valence-electron chi connectivity index (χ2n) is 4.95. The number of hydrogen-bond acceptors (Lipinski definition) is 2. The minimum absolute atomic E-state index is 0.140. The standard InChI is InChI=1S/C15H19Cl2N3/c1-9-15(10(2)20(4)19-9)14(18-3)8-11-12(16)6-5-7-13(11)17/h5-7,14,18H,8H2,1-4H3. The first-order chi connectivity index (χ1) is 9.45. The zero-order valence-corrected chi connectivity index (χ0v) is 13.7. The van der Waals surface area contributed by atoms with Crippen LogP contribution >= 0.6 is 23.2 Å². The number of nitrogens with one attached hydrogen (secondary N) is 1. The Hall–Kier alpha value is -1.03. The molecule has 1 aromatic carbocycles. The number of likely N-dealkylation sites (N-methyl/N-ethyl adjacent to an activating group) is 1. The van der Waals surface area contributed by atoms with Gasteiger partial charge in [0.25, 0.3) is 0 Å². The van der Waals surface area contributed by atoms with Crippen LogP contribution in [-0.4, -0.2) is 16.8 Å². The van der Waals surface area contributed by atoms with Crippen molar-refractivity contribution in [1.82, 2.24) is 15.1 Å². The summed E-state index contributed by atoms with van der Waals surface area (Å²) in [6, 6.07) is 5.75. The third kappa shape index (κ3) is 2.85. The number of benzene rings is 1. The summed E-state index contributed by atoms with van der Waals surface area (Å²) in [7, 11) is 3.91. The van der Waals surface area contributed by atoms with E-state index in [9.17, 15) is 0 Å². The highest BCUT2D eigenvalue weighted by atomic mass is 35.5. The molecule has 0 radical (unpaired) electrons. The van der Waals surface area contributed by atoms with Crippen LogP contribution in [0.25, 0.3) is 0 Å². The lowest BCUT2D eigenvalue weighted by Gasteiger charge is -2.19. The van der Waals surface area contributed by atoms with E-state index in [1.54, 1.807) is 0 Å². The summed E-state index contributed by atoms with van der Waals surface area (Å²) in [6.07, 6.45) is 0.738. The number of rotatable bonds is 4. The van der Waals surface area contributed by atoms with E-state index in [0.717, 1.165) is 23.4 Å². The van der Waals surface area contributed by atoms with Crippen molar-refractivity contribution in [2.75, 3.05) is 7.05 Å². The molecule has 0 saturated heterocycles. The third-order valence-corrected chi connectivity index (χ3v) is 4.44. The van der Waals surface area contributed by atoms with Crippen molar-refractivity contribution in [3.8, 4) is 0 Å². The van der Waals surface area contributed by atoms with Crippen LogP contribution < -0.4 is 5.32 Å². The van der Waals surface area contributed by atoms with Crippen LogP contribution in [0.5, 0.6) is 0 Å². The van der Waals surface area contributed by atoms with Crippen molar-refractivity contribution < 1.29 is 0 Å². The minimum atomic E-state index is 0.140. The molecule has 3 nitrogen and oxygen atoms in total. The third-order valence-electron chi connectivity index (χ3n) is 3.73. The van der Waals surface area contributed by atoms with Crippen molar-refractivity contribution in [2.45, 2.75) is 26.3 Å². The van der Waals surface area contributed by atoms with E-state index in [-0.39, 0.29) is 6.04 Å². The summed E-state index contributed by atoms with van der Waals surface area (Å²) in [5.41, 5.74) is 4.38. The number of nitrogens with zero attached hydrogens (tertiary/aromatic N) is 2. The van der Waals surface area contributed by atoms with E-state index in [4.69, 9.17) is 23.2 Å². The lowest BCUT2D eigenvalue weighted by atomic mass is 9.97. The monoisotopic (exact) mass is 311 g/mol. The predicted octanol–water partition coefficient (Wildman–Crippen LogP) is 3.85. The first-order valence-electron chi connectivity index (χ1n) is 6.56. The molecule has 0 aliphatic heterocycles. The maximum Gasteiger partial charge on any atom is 0.0644 e. The molecule has 0 saturated carbocycles. The number of halogens is 2. The molecular weight excluding hydrogens is 293 g/mol. The molecule has 1 unspecified atom stereocenters. The normalized spacial score (nSPS) is 12.7. The van der Waals surface area contributed by atoms with Gasteiger partial charge in [0.05, 0.1) is 5.69 Å². The average Bonchev–Trinajstić information content (AvgIpc) is 2.64. The molecule has 0 aliphatic carbocycles. The molecule has 1 atom stereocenters. The molecule has 0 bridgehead atoms. The Morgan fingerprint density at radius 3 is 2.30 bits per heavy atom. The van der Waals surface area contributed by atoms with Gasteiger partial charge in [-0.1, -0.05) is 29.3 Å². The molecule has 2 aromatic rings. The molecule has 1 N–H and O–H groups in total. The van der Waals surface area contributed by atoms with Crippen LogP contribution in [0.1, 0.15) is 28.6 Å². The smallest absolute Gasteiger partial charge is 0.0644 e. The first-order valence-corrected chi connectivity index (χ1v) is 7.31. The zero-order chi connectivity index (χ0) is 14.9. The largest absolute Gasteiger partial charge is 0.313 e. The van der Waals surface area contributed by atoms with Gasteiger partial charge in [-0.3, -0.25) is 4.68 Å². The van der Waals surface area contributed by atoms with Gasteiger partial charge in [-0.05, 0) is 45.0 Å². The molecule has 108 valence electrons. The van der Waals surface area contributed by atoms with Crippen LogP contribution in [-0.2, 0) is 13.5 Å². The summed E-state index contributed by atoms with van der Waals surface area (Å²) in [4.78, 5) is 0. The van der Waals surface area contributed by atoms with Crippen molar-refractivity contribution in [1.29, 1.82) is 0 Å². The van der Waals surface area contributed by atoms with Crippen LogP contribution in [0.4, 0.5) is 0 Å². The fraction of sp³-hybridized carbons (Fsp3) is 0.400. The van der Waals surface area contributed by atoms with Crippen LogP contribution in [0.15, 0.2) is 18.2 Å². The highest BCUT2D eigenvalue weighted by Crippen LogP contribution is 2.31. The van der Waals surface area contributed by atoms with Crippen LogP contribution in [0.3, 0.4) is 0 Å². The van der Waals surface area contributed by atoms with Gasteiger partial charge < -0.3 is 5.32 Å². The summed E-state index contributed by atoms with van der Waals surface area (Å²) < 4.78 is 1.91. The van der Waals surface area contributed by atoms with Gasteiger partial charge in [-0.2, -0.15) is 5.10 Å². The highest BCUT2D eigenvalue weighted by molar-refractivity contribution is 6.36. The fourth-order valence-electron chi connectivity index (χ4n) is 2.57. The van der Waals surface area contributed by atoms with Gasteiger partial charge >= 0.3 is 0 Å². The SMILES string of the molecule is CNC(Cc1c(Cl)cccc1Cl)c1c(C)nn(C)c1C. The predicted molar refractivity (Wildman–Crippen MR) is 84.6 cm³/mol. The molecule has 0 amide bonds. The number of aryl methyl sites for hydroxylation is 2. The maximum absolute atomic E-state index is 6.27. The van der Waals surface area contributed by atoms with E-state index in [1.165, 1.54) is 5.56 Å². The van der Waals surface area contributed by atoms with E-state index in [1.807, 2.05) is 43.9 Å². The Kier molecular flexibility index (Phi) is 4.74. The van der Waals surface area contributed by atoms with Gasteiger partial charge in [-0.15, -0.1) is 0 Å². The molecule has 1 aromatic heterocycles. The Balaban J connectivity index is 2.39. The molecule has 0 aliphatic rings. The second-order valence-corrected chi connectivity index (χ2v) is 5.77. The number of hydrogen-bond donors (Lipinski definition) is 1. The van der Waals surface area contributed by atoms with Gasteiger partial charge in [0.2, 0.25) is 0 Å². The Morgan fingerprint density at radius 2 is 1.85 bits per heavy atom. The summed E-state index contributed by atoms with van der Waals surface area (Å²) in [6.45, 7) is 4.11. The Bertz CT molecular complexity index is 600. The molecule has 0 fully saturated rings. The van der Waals surface area contributed by atoms with E-state index in [2.05, 4.69) is 17.3 Å². The van der Waals surface area contributed by atoms with Gasteiger partial charge in [0.15, 0.2) is 0 Å². The lowest BCUT2D eigenvalue weighted by Crippen LogP contribution is -2.20. The molecule has 1 heterocycles. The van der Waals surface area contributed by atoms with Crippen LogP contribution in [0, 0.1) is 13.8 Å². The average molecular weight is 312 g/mol. The topological polar surface area (TPSA) is 29.9 Å². The van der Waals surface area contributed by atoms with E-state index < -0.39 is 0 Å². The highest BCUT2D eigenvalue weighted by Gasteiger charge is 2.21. The lowest BCUT2D eigenvalue weighted by molar-refractivity contribution is 0.584. The maximum atomic E-state index is 6.27. The minimum Gasteiger partial charge on any atom is -0.313 e. The van der Waals surface area contributed by atoms with Crippen molar-refractivity contribution >= 4 is 23.2 Å². The quantitative estimate of drug-likeness (QED) is 0.929. The van der Waals surface area contributed by atoms with Crippen molar-refractivity contribution in [3.63, 3.8) is 0 Å². The Morgan fingerprint density at radius 1 is 1.25 bits per heavy atom. The first kappa shape index (κ1) is 15.4. The second kappa shape index (κ2) is 6.17. The van der Waals surface area contributed by atoms with E-state index >= 15 is 0 Å². The Labute approximate surface area is 129 Å². The molecule has 5 heteroatoms. The van der Waals surface area contributed by atoms with Crippen LogP contribution in [0.2, 0.25) is 10.0 Å². The van der Waals surface area contributed by atoms with Gasteiger partial charge in [0, 0.05) is 34.4 Å². The van der Waals surface area contributed by atoms with Gasteiger partial charge in [-0.25, -0.2) is 0 Å². The summed E-state index contributed by atoms with van der Waals surface area (Å²) >= 11 is 12.5. The van der Waals surface area contributed by atoms with Crippen molar-refractivity contribution in [2.24, 2.45) is 7.05 Å². The zero-order valence-electron chi connectivity index (χ0n) is 12.2. The molecular formula is C15H19Cl2N3. The number of aromatic nitrogens is 2.